The van der Waals surface area contributed by atoms with Gasteiger partial charge in [-0.15, -0.1) is 0 Å². The van der Waals surface area contributed by atoms with E-state index in [0.29, 0.717) is 6.54 Å². The quantitative estimate of drug-likeness (QED) is 0.764. The van der Waals surface area contributed by atoms with Gasteiger partial charge in [0.2, 0.25) is 0 Å². The molecule has 1 aromatic heterocycles. The van der Waals surface area contributed by atoms with E-state index in [1.807, 2.05) is 24.3 Å². The number of aromatic amines is 1. The molecule has 2 aromatic carbocycles. The molecule has 0 aliphatic heterocycles. The average molecular weight is 267 g/mol. The van der Waals surface area contributed by atoms with E-state index >= 15 is 0 Å². The Morgan fingerprint density at radius 3 is 2.80 bits per heavy atom. The second kappa shape index (κ2) is 5.35. The van der Waals surface area contributed by atoms with Crippen molar-refractivity contribution in [1.29, 1.82) is 0 Å². The highest BCUT2D eigenvalue weighted by Crippen LogP contribution is 2.26. The first kappa shape index (κ1) is 12.7. The van der Waals surface area contributed by atoms with Gasteiger partial charge < -0.3 is 15.5 Å². The number of H-pyrrole nitrogens is 1. The van der Waals surface area contributed by atoms with Crippen molar-refractivity contribution in [3.63, 3.8) is 0 Å². The van der Waals surface area contributed by atoms with Crippen LogP contribution < -0.4 is 10.5 Å². The van der Waals surface area contributed by atoms with Gasteiger partial charge in [0.1, 0.15) is 11.6 Å². The van der Waals surface area contributed by atoms with Crippen LogP contribution in [0, 0.1) is 0 Å². The van der Waals surface area contributed by atoms with Crippen LogP contribution in [0.3, 0.4) is 0 Å². The third-order valence-electron chi connectivity index (χ3n) is 3.32. The minimum absolute atomic E-state index is 0.600. The number of ether oxygens (including phenoxy) is 1. The van der Waals surface area contributed by atoms with E-state index in [-0.39, 0.29) is 0 Å². The third-order valence-corrected chi connectivity index (χ3v) is 3.32. The Kier molecular flexibility index (Phi) is 3.39. The van der Waals surface area contributed by atoms with E-state index in [9.17, 15) is 0 Å². The normalized spacial score (nSPS) is 10.9. The standard InChI is InChI=1S/C16H17N3O/c1-20-13-4-2-3-11(9-13)12-5-6-14-15(10-12)19-16(18-14)7-8-17/h2-6,9-10H,7-8,17H2,1H3,(H,18,19). The first-order chi connectivity index (χ1) is 9.80. The number of nitrogens with zero attached hydrogens (tertiary/aromatic N) is 1. The number of nitrogens with one attached hydrogen (secondary N) is 1. The largest absolute Gasteiger partial charge is 0.497 e. The summed E-state index contributed by atoms with van der Waals surface area (Å²) in [5.74, 6) is 1.79. The Bertz CT molecular complexity index is 733. The molecule has 0 saturated heterocycles. The zero-order valence-electron chi connectivity index (χ0n) is 11.4. The number of hydrogen-bond donors (Lipinski definition) is 2. The van der Waals surface area contributed by atoms with Gasteiger partial charge in [0, 0.05) is 6.42 Å². The molecule has 0 amide bonds. The molecule has 4 nitrogen and oxygen atoms in total. The lowest BCUT2D eigenvalue weighted by molar-refractivity contribution is 0.415. The van der Waals surface area contributed by atoms with Crippen LogP contribution >= 0.6 is 0 Å². The topological polar surface area (TPSA) is 63.9 Å². The molecule has 0 unspecified atom stereocenters. The number of fused-ring (bicyclic) bond motifs is 1. The molecule has 0 spiro atoms. The van der Waals surface area contributed by atoms with Crippen LogP contribution in [0.1, 0.15) is 5.82 Å². The highest BCUT2D eigenvalue weighted by atomic mass is 16.5. The number of nitrogens with two attached hydrogens (primary N) is 1. The number of hydrogen-bond acceptors (Lipinski definition) is 3. The van der Waals surface area contributed by atoms with Gasteiger partial charge in [-0.25, -0.2) is 4.98 Å². The van der Waals surface area contributed by atoms with Crippen molar-refractivity contribution in [3.8, 4) is 16.9 Å². The van der Waals surface area contributed by atoms with Gasteiger partial charge in [0.05, 0.1) is 18.1 Å². The lowest BCUT2D eigenvalue weighted by atomic mass is 10.1. The number of methoxy groups -OCH3 is 1. The Balaban J connectivity index is 2.03. The average Bonchev–Trinajstić information content (AvgIpc) is 2.89. The molecule has 4 heteroatoms. The molecule has 0 fully saturated rings. The molecule has 0 aliphatic rings. The van der Waals surface area contributed by atoms with Crippen molar-refractivity contribution < 1.29 is 4.74 Å². The maximum absolute atomic E-state index is 5.56. The summed E-state index contributed by atoms with van der Waals surface area (Å²) in [6, 6.07) is 14.2. The lowest BCUT2D eigenvalue weighted by Crippen LogP contribution is -2.03. The van der Waals surface area contributed by atoms with Gasteiger partial charge in [-0.1, -0.05) is 18.2 Å². The summed E-state index contributed by atoms with van der Waals surface area (Å²) in [6.07, 6.45) is 0.767. The molecule has 1 heterocycles. The van der Waals surface area contributed by atoms with E-state index in [2.05, 4.69) is 28.2 Å². The predicted octanol–water partition coefficient (Wildman–Crippen LogP) is 2.74. The van der Waals surface area contributed by atoms with Gasteiger partial charge >= 0.3 is 0 Å². The SMILES string of the molecule is COc1cccc(-c2ccc3nc(CCN)[nH]c3c2)c1. The Morgan fingerprint density at radius 1 is 1.15 bits per heavy atom. The van der Waals surface area contributed by atoms with Gasteiger partial charge in [-0.2, -0.15) is 0 Å². The molecule has 3 aromatic rings. The fourth-order valence-electron chi connectivity index (χ4n) is 2.30. The minimum Gasteiger partial charge on any atom is -0.497 e. The first-order valence-corrected chi connectivity index (χ1v) is 6.63. The molecular formula is C16H17N3O. The van der Waals surface area contributed by atoms with Crippen molar-refractivity contribution in [2.45, 2.75) is 6.42 Å². The van der Waals surface area contributed by atoms with Gasteiger partial charge in [0.25, 0.3) is 0 Å². The van der Waals surface area contributed by atoms with Crippen LogP contribution in [0.25, 0.3) is 22.2 Å². The van der Waals surface area contributed by atoms with E-state index in [1.165, 1.54) is 0 Å². The maximum Gasteiger partial charge on any atom is 0.119 e. The summed E-state index contributed by atoms with van der Waals surface area (Å²) in [4.78, 5) is 7.82. The lowest BCUT2D eigenvalue weighted by Gasteiger charge is -2.04. The van der Waals surface area contributed by atoms with Crippen LogP contribution in [0.2, 0.25) is 0 Å². The third kappa shape index (κ3) is 2.38. The van der Waals surface area contributed by atoms with Crippen LogP contribution in [-0.2, 0) is 6.42 Å². The Hall–Kier alpha value is -2.33. The molecule has 0 atom stereocenters. The molecule has 3 rings (SSSR count). The first-order valence-electron chi connectivity index (χ1n) is 6.63. The smallest absolute Gasteiger partial charge is 0.119 e. The van der Waals surface area contributed by atoms with E-state index in [0.717, 1.165) is 40.2 Å². The van der Waals surface area contributed by atoms with E-state index < -0.39 is 0 Å². The highest BCUT2D eigenvalue weighted by Gasteiger charge is 2.05. The fourth-order valence-corrected chi connectivity index (χ4v) is 2.30. The monoisotopic (exact) mass is 267 g/mol. The van der Waals surface area contributed by atoms with Crippen molar-refractivity contribution >= 4 is 11.0 Å². The van der Waals surface area contributed by atoms with Crippen molar-refractivity contribution in [3.05, 3.63) is 48.3 Å². The summed E-state index contributed by atoms with van der Waals surface area (Å²) in [5.41, 5.74) is 9.83. The molecule has 102 valence electrons. The van der Waals surface area contributed by atoms with E-state index in [4.69, 9.17) is 10.5 Å². The number of rotatable bonds is 4. The van der Waals surface area contributed by atoms with Crippen LogP contribution in [0.5, 0.6) is 5.75 Å². The van der Waals surface area contributed by atoms with Gasteiger partial charge in [0.15, 0.2) is 0 Å². The summed E-state index contributed by atoms with van der Waals surface area (Å²) in [7, 11) is 1.68. The maximum atomic E-state index is 5.56. The Labute approximate surface area is 117 Å². The fraction of sp³-hybridized carbons (Fsp3) is 0.188. The zero-order valence-corrected chi connectivity index (χ0v) is 11.4. The van der Waals surface area contributed by atoms with Crippen molar-refractivity contribution in [2.75, 3.05) is 13.7 Å². The number of benzene rings is 2. The van der Waals surface area contributed by atoms with E-state index in [1.54, 1.807) is 7.11 Å². The van der Waals surface area contributed by atoms with Crippen LogP contribution in [0.4, 0.5) is 0 Å². The minimum atomic E-state index is 0.600. The number of imidazole rings is 1. The second-order valence-electron chi connectivity index (χ2n) is 4.69. The summed E-state index contributed by atoms with van der Waals surface area (Å²) >= 11 is 0. The molecule has 0 bridgehead atoms. The van der Waals surface area contributed by atoms with Crippen molar-refractivity contribution in [1.82, 2.24) is 9.97 Å². The molecule has 0 aliphatic carbocycles. The van der Waals surface area contributed by atoms with Crippen molar-refractivity contribution in [2.24, 2.45) is 5.73 Å². The zero-order chi connectivity index (χ0) is 13.9. The van der Waals surface area contributed by atoms with Gasteiger partial charge in [-0.05, 0) is 41.9 Å². The van der Waals surface area contributed by atoms with Crippen LogP contribution in [0.15, 0.2) is 42.5 Å². The van der Waals surface area contributed by atoms with Gasteiger partial charge in [-0.3, -0.25) is 0 Å². The second-order valence-corrected chi connectivity index (χ2v) is 4.69. The molecular weight excluding hydrogens is 250 g/mol. The number of aromatic nitrogens is 2. The molecule has 0 saturated carbocycles. The Morgan fingerprint density at radius 2 is 2.00 bits per heavy atom. The summed E-state index contributed by atoms with van der Waals surface area (Å²) < 4.78 is 5.27. The predicted molar refractivity (Wildman–Crippen MR) is 80.8 cm³/mol. The highest BCUT2D eigenvalue weighted by molar-refractivity contribution is 5.82. The summed E-state index contributed by atoms with van der Waals surface area (Å²) in [5, 5.41) is 0. The van der Waals surface area contributed by atoms with Crippen LogP contribution in [-0.4, -0.2) is 23.6 Å². The molecule has 0 radical (unpaired) electrons. The molecule has 3 N–H and O–H groups in total. The molecule has 20 heavy (non-hydrogen) atoms. The summed E-state index contributed by atoms with van der Waals surface area (Å²) in [6.45, 7) is 0.600.